The maximum absolute atomic E-state index is 10.1. The van der Waals surface area contributed by atoms with Crippen molar-refractivity contribution in [1.82, 2.24) is 0 Å². The van der Waals surface area contributed by atoms with Crippen LogP contribution in [0.5, 0.6) is 17.2 Å². The number of para-hydroxylation sites is 2. The van der Waals surface area contributed by atoms with Gasteiger partial charge in [0.1, 0.15) is 5.75 Å². The Morgan fingerprint density at radius 1 is 1.00 bits per heavy atom. The molecule has 0 aliphatic heterocycles. The molecule has 2 aromatic rings. The van der Waals surface area contributed by atoms with Crippen LogP contribution in [0.4, 0.5) is 0 Å². The van der Waals surface area contributed by atoms with Gasteiger partial charge < -0.3 is 9.84 Å². The molecule has 0 radical (unpaired) electrons. The minimum Gasteiger partial charge on any atom is -0.504 e. The molecule has 2 rings (SSSR count). The molecule has 0 spiro atoms. The van der Waals surface area contributed by atoms with E-state index in [2.05, 4.69) is 0 Å². The van der Waals surface area contributed by atoms with Crippen LogP contribution in [0.15, 0.2) is 48.5 Å². The highest BCUT2D eigenvalue weighted by molar-refractivity contribution is 5.62. The average Bonchev–Trinajstić information content (AvgIpc) is 2.37. The fourth-order valence-corrected chi connectivity index (χ4v) is 1.73. The van der Waals surface area contributed by atoms with Crippen LogP contribution < -0.4 is 4.74 Å². The summed E-state index contributed by atoms with van der Waals surface area (Å²) in [6.45, 7) is 3.89. The zero-order valence-electron chi connectivity index (χ0n) is 10.6. The second kappa shape index (κ2) is 5.41. The lowest BCUT2D eigenvalue weighted by Crippen LogP contribution is -1.88. The second-order valence-corrected chi connectivity index (χ2v) is 4.06. The molecule has 2 heteroatoms. The van der Waals surface area contributed by atoms with E-state index in [0.717, 1.165) is 16.9 Å². The van der Waals surface area contributed by atoms with E-state index < -0.39 is 0 Å². The number of hydrogen-bond donors (Lipinski definition) is 1. The van der Waals surface area contributed by atoms with Crippen LogP contribution in [-0.4, -0.2) is 5.11 Å². The van der Waals surface area contributed by atoms with Gasteiger partial charge in [0.25, 0.3) is 0 Å². The van der Waals surface area contributed by atoms with E-state index >= 15 is 0 Å². The van der Waals surface area contributed by atoms with Gasteiger partial charge in [-0.05, 0) is 31.5 Å². The van der Waals surface area contributed by atoms with Crippen molar-refractivity contribution >= 4 is 6.08 Å². The first kappa shape index (κ1) is 12.2. The molecule has 0 aliphatic rings. The third-order valence-corrected chi connectivity index (χ3v) is 2.69. The van der Waals surface area contributed by atoms with Crippen molar-refractivity contribution in [3.05, 3.63) is 59.7 Å². The predicted octanol–water partition coefficient (Wildman–Crippen LogP) is 4.53. The Morgan fingerprint density at radius 2 is 1.72 bits per heavy atom. The van der Waals surface area contributed by atoms with Crippen molar-refractivity contribution in [3.63, 3.8) is 0 Å². The first-order valence-corrected chi connectivity index (χ1v) is 5.90. The van der Waals surface area contributed by atoms with Crippen LogP contribution in [0.3, 0.4) is 0 Å². The van der Waals surface area contributed by atoms with E-state index in [4.69, 9.17) is 4.74 Å². The van der Waals surface area contributed by atoms with Gasteiger partial charge in [0.15, 0.2) is 11.5 Å². The van der Waals surface area contributed by atoms with Gasteiger partial charge in [0.2, 0.25) is 0 Å². The monoisotopic (exact) mass is 240 g/mol. The number of rotatable bonds is 3. The van der Waals surface area contributed by atoms with Gasteiger partial charge in [-0.3, -0.25) is 0 Å². The summed E-state index contributed by atoms with van der Waals surface area (Å²) in [5.41, 5.74) is 1.79. The van der Waals surface area contributed by atoms with Crippen LogP contribution >= 0.6 is 0 Å². The summed E-state index contributed by atoms with van der Waals surface area (Å²) in [4.78, 5) is 0. The Kier molecular flexibility index (Phi) is 3.68. The molecule has 1 N–H and O–H groups in total. The highest BCUT2D eigenvalue weighted by atomic mass is 16.5. The number of benzene rings is 2. The van der Waals surface area contributed by atoms with Crippen molar-refractivity contribution in [3.8, 4) is 17.2 Å². The molecule has 0 saturated carbocycles. The number of aryl methyl sites for hydroxylation is 1. The van der Waals surface area contributed by atoms with Gasteiger partial charge in [-0.1, -0.05) is 42.5 Å². The van der Waals surface area contributed by atoms with Crippen molar-refractivity contribution in [2.45, 2.75) is 13.8 Å². The topological polar surface area (TPSA) is 29.5 Å². The van der Waals surface area contributed by atoms with Gasteiger partial charge in [-0.2, -0.15) is 0 Å². The van der Waals surface area contributed by atoms with E-state index in [1.165, 1.54) is 0 Å². The average molecular weight is 240 g/mol. The summed E-state index contributed by atoms with van der Waals surface area (Å²) in [6.07, 6.45) is 3.73. The smallest absolute Gasteiger partial charge is 0.169 e. The van der Waals surface area contributed by atoms with E-state index in [-0.39, 0.29) is 5.75 Å². The van der Waals surface area contributed by atoms with Gasteiger partial charge in [0.05, 0.1) is 0 Å². The normalized spacial score (nSPS) is 10.8. The molecule has 0 saturated heterocycles. The third kappa shape index (κ3) is 2.54. The lowest BCUT2D eigenvalue weighted by molar-refractivity contribution is 0.409. The predicted molar refractivity (Wildman–Crippen MR) is 74.1 cm³/mol. The quantitative estimate of drug-likeness (QED) is 0.854. The van der Waals surface area contributed by atoms with Crippen LogP contribution in [0.25, 0.3) is 6.08 Å². The van der Waals surface area contributed by atoms with Gasteiger partial charge in [-0.15, -0.1) is 0 Å². The lowest BCUT2D eigenvalue weighted by Gasteiger charge is -2.11. The maximum atomic E-state index is 10.1. The Hall–Kier alpha value is -2.22. The Labute approximate surface area is 107 Å². The first-order valence-electron chi connectivity index (χ1n) is 5.90. The number of aromatic hydroxyl groups is 1. The molecule has 0 amide bonds. The molecule has 92 valence electrons. The van der Waals surface area contributed by atoms with E-state index in [0.29, 0.717) is 5.75 Å². The molecule has 0 aliphatic carbocycles. The van der Waals surface area contributed by atoms with Crippen LogP contribution in [0.2, 0.25) is 0 Å². The number of ether oxygens (including phenoxy) is 1. The zero-order chi connectivity index (χ0) is 13.0. The van der Waals surface area contributed by atoms with E-state index in [1.54, 1.807) is 6.07 Å². The molecule has 0 aromatic heterocycles. The fraction of sp³-hybridized carbons (Fsp3) is 0.125. The largest absolute Gasteiger partial charge is 0.504 e. The number of phenols is 1. The lowest BCUT2D eigenvalue weighted by atomic mass is 10.1. The molecule has 2 nitrogen and oxygen atoms in total. The number of phenolic OH excluding ortho intramolecular Hbond substituents is 1. The van der Waals surface area contributed by atoms with Crippen molar-refractivity contribution < 1.29 is 9.84 Å². The van der Waals surface area contributed by atoms with E-state index in [9.17, 15) is 5.11 Å². The number of allylic oxidation sites excluding steroid dienone is 1. The Balaban J connectivity index is 2.35. The summed E-state index contributed by atoms with van der Waals surface area (Å²) >= 11 is 0. The Morgan fingerprint density at radius 3 is 2.44 bits per heavy atom. The molecule has 0 atom stereocenters. The van der Waals surface area contributed by atoms with Crippen LogP contribution in [0.1, 0.15) is 18.1 Å². The summed E-state index contributed by atoms with van der Waals surface area (Å²) in [7, 11) is 0. The van der Waals surface area contributed by atoms with Gasteiger partial charge >= 0.3 is 0 Å². The molecular weight excluding hydrogens is 224 g/mol. The minimum absolute atomic E-state index is 0.166. The standard InChI is InChI=1S/C16H16O2/c1-3-7-13-9-6-11-15(16(13)17)18-14-10-5-4-8-12(14)2/h3-11,17H,1-2H3. The van der Waals surface area contributed by atoms with Crippen LogP contribution in [0, 0.1) is 6.92 Å². The number of hydrogen-bond acceptors (Lipinski definition) is 2. The van der Waals surface area contributed by atoms with E-state index in [1.807, 2.05) is 62.4 Å². The minimum atomic E-state index is 0.166. The SMILES string of the molecule is CC=Cc1cccc(Oc2ccccc2C)c1O. The molecule has 2 aromatic carbocycles. The van der Waals surface area contributed by atoms with Gasteiger partial charge in [-0.25, -0.2) is 0 Å². The first-order chi connectivity index (χ1) is 8.72. The molecular formula is C16H16O2. The van der Waals surface area contributed by atoms with Gasteiger partial charge in [0, 0.05) is 5.56 Å². The second-order valence-electron chi connectivity index (χ2n) is 4.06. The van der Waals surface area contributed by atoms with Crippen molar-refractivity contribution in [1.29, 1.82) is 0 Å². The highest BCUT2D eigenvalue weighted by Crippen LogP contribution is 2.35. The third-order valence-electron chi connectivity index (χ3n) is 2.69. The Bertz CT molecular complexity index is 571. The summed E-state index contributed by atoms with van der Waals surface area (Å²) in [6, 6.07) is 13.2. The maximum Gasteiger partial charge on any atom is 0.169 e. The summed E-state index contributed by atoms with van der Waals surface area (Å²) < 4.78 is 5.74. The highest BCUT2D eigenvalue weighted by Gasteiger charge is 2.08. The molecule has 18 heavy (non-hydrogen) atoms. The zero-order valence-corrected chi connectivity index (χ0v) is 10.6. The molecule has 0 heterocycles. The molecule has 0 fully saturated rings. The van der Waals surface area contributed by atoms with Crippen molar-refractivity contribution in [2.24, 2.45) is 0 Å². The fourth-order valence-electron chi connectivity index (χ4n) is 1.73. The van der Waals surface area contributed by atoms with Crippen LogP contribution in [-0.2, 0) is 0 Å². The summed E-state index contributed by atoms with van der Waals surface area (Å²) in [5, 5.41) is 10.1. The molecule has 0 bridgehead atoms. The molecule has 0 unspecified atom stereocenters. The van der Waals surface area contributed by atoms with Crippen molar-refractivity contribution in [2.75, 3.05) is 0 Å². The summed E-state index contributed by atoms with van der Waals surface area (Å²) in [5.74, 6) is 1.39.